The highest BCUT2D eigenvalue weighted by Gasteiger charge is 2.14. The van der Waals surface area contributed by atoms with Crippen molar-refractivity contribution in [1.29, 1.82) is 0 Å². The van der Waals surface area contributed by atoms with E-state index in [0.29, 0.717) is 16.6 Å². The van der Waals surface area contributed by atoms with Crippen LogP contribution < -0.4 is 5.32 Å². The zero-order valence-corrected chi connectivity index (χ0v) is 12.7. The molecule has 2 heterocycles. The SMILES string of the molecule is O=C(NCc1cc(F)ccc1F)c1c[nH]c2ncc(Br)cc12. The minimum absolute atomic E-state index is 0.0903. The van der Waals surface area contributed by atoms with E-state index < -0.39 is 17.5 Å². The fourth-order valence-corrected chi connectivity index (χ4v) is 2.45. The number of fused-ring (bicyclic) bond motifs is 1. The Balaban J connectivity index is 1.82. The van der Waals surface area contributed by atoms with E-state index in [-0.39, 0.29) is 12.1 Å². The number of hydrogen-bond acceptors (Lipinski definition) is 2. The molecule has 7 heteroatoms. The van der Waals surface area contributed by atoms with Gasteiger partial charge in [-0.25, -0.2) is 13.8 Å². The molecule has 0 bridgehead atoms. The molecule has 0 aliphatic rings. The molecule has 0 radical (unpaired) electrons. The quantitative estimate of drug-likeness (QED) is 0.745. The Morgan fingerprint density at radius 1 is 1.32 bits per heavy atom. The summed E-state index contributed by atoms with van der Waals surface area (Å²) in [7, 11) is 0. The summed E-state index contributed by atoms with van der Waals surface area (Å²) >= 11 is 3.29. The summed E-state index contributed by atoms with van der Waals surface area (Å²) in [5.41, 5.74) is 1.05. The van der Waals surface area contributed by atoms with E-state index in [1.54, 1.807) is 12.3 Å². The standard InChI is InChI=1S/C15H10BrF2N3O/c16-9-4-11-12(7-20-14(11)19-6-9)15(22)21-5-8-3-10(17)1-2-13(8)18/h1-4,6-7H,5H2,(H,19,20)(H,21,22). The number of aromatic amines is 1. The van der Waals surface area contributed by atoms with Gasteiger partial charge in [0.25, 0.3) is 5.91 Å². The van der Waals surface area contributed by atoms with Gasteiger partial charge < -0.3 is 10.3 Å². The van der Waals surface area contributed by atoms with Crippen molar-refractivity contribution in [2.45, 2.75) is 6.54 Å². The molecule has 0 spiro atoms. The molecule has 0 aliphatic carbocycles. The molecule has 0 fully saturated rings. The van der Waals surface area contributed by atoms with Crippen LogP contribution in [0.25, 0.3) is 11.0 Å². The molecule has 4 nitrogen and oxygen atoms in total. The summed E-state index contributed by atoms with van der Waals surface area (Å²) in [6, 6.07) is 4.88. The lowest BCUT2D eigenvalue weighted by Gasteiger charge is -2.06. The zero-order chi connectivity index (χ0) is 15.7. The van der Waals surface area contributed by atoms with Crippen molar-refractivity contribution >= 4 is 32.9 Å². The number of rotatable bonds is 3. The number of halogens is 3. The molecule has 1 aromatic carbocycles. The first-order valence-corrected chi connectivity index (χ1v) is 7.18. The number of pyridine rings is 1. The maximum Gasteiger partial charge on any atom is 0.253 e. The molecular weight excluding hydrogens is 356 g/mol. The van der Waals surface area contributed by atoms with E-state index in [1.165, 1.54) is 6.20 Å². The molecule has 0 atom stereocenters. The number of carbonyl (C=O) groups excluding carboxylic acids is 1. The summed E-state index contributed by atoms with van der Waals surface area (Å²) < 4.78 is 27.4. The van der Waals surface area contributed by atoms with Gasteiger partial charge in [0.15, 0.2) is 0 Å². The van der Waals surface area contributed by atoms with Gasteiger partial charge in [0, 0.05) is 34.4 Å². The van der Waals surface area contributed by atoms with Gasteiger partial charge in [-0.05, 0) is 40.2 Å². The van der Waals surface area contributed by atoms with Gasteiger partial charge in [0.05, 0.1) is 5.56 Å². The van der Waals surface area contributed by atoms with Crippen LogP contribution in [0.15, 0.2) is 41.1 Å². The average molecular weight is 366 g/mol. The minimum atomic E-state index is -0.565. The predicted molar refractivity (Wildman–Crippen MR) is 81.3 cm³/mol. The molecular formula is C15H10BrF2N3O. The number of H-pyrrole nitrogens is 1. The van der Waals surface area contributed by atoms with Crippen molar-refractivity contribution in [1.82, 2.24) is 15.3 Å². The lowest BCUT2D eigenvalue weighted by molar-refractivity contribution is 0.0952. The number of benzene rings is 1. The van der Waals surface area contributed by atoms with Crippen molar-refractivity contribution in [3.8, 4) is 0 Å². The molecule has 3 rings (SSSR count). The Bertz CT molecular complexity index is 863. The number of nitrogens with zero attached hydrogens (tertiary/aromatic N) is 1. The Morgan fingerprint density at radius 3 is 2.95 bits per heavy atom. The summed E-state index contributed by atoms with van der Waals surface area (Å²) in [6.45, 7) is -0.101. The number of nitrogens with one attached hydrogen (secondary N) is 2. The van der Waals surface area contributed by atoms with Crippen LogP contribution in [0.3, 0.4) is 0 Å². The molecule has 0 saturated heterocycles. The van der Waals surface area contributed by atoms with Crippen molar-refractivity contribution in [3.63, 3.8) is 0 Å². The Kier molecular flexibility index (Phi) is 3.89. The number of carbonyl (C=O) groups is 1. The lowest BCUT2D eigenvalue weighted by atomic mass is 10.2. The number of amides is 1. The third-order valence-corrected chi connectivity index (χ3v) is 3.62. The van der Waals surface area contributed by atoms with Gasteiger partial charge in [0.2, 0.25) is 0 Å². The van der Waals surface area contributed by atoms with Crippen molar-refractivity contribution in [2.75, 3.05) is 0 Å². The molecule has 0 aliphatic heterocycles. The Labute approximate surface area is 132 Å². The highest BCUT2D eigenvalue weighted by atomic mass is 79.9. The number of hydrogen-bond donors (Lipinski definition) is 2. The van der Waals surface area contributed by atoms with Crippen LogP contribution in [0, 0.1) is 11.6 Å². The molecule has 3 aromatic rings. The summed E-state index contributed by atoms with van der Waals surface area (Å²) in [5.74, 6) is -1.51. The van der Waals surface area contributed by atoms with Crippen molar-refractivity contribution < 1.29 is 13.6 Å². The highest BCUT2D eigenvalue weighted by molar-refractivity contribution is 9.10. The normalized spacial score (nSPS) is 10.9. The first-order valence-electron chi connectivity index (χ1n) is 6.39. The summed E-state index contributed by atoms with van der Waals surface area (Å²) in [5, 5.41) is 3.22. The van der Waals surface area contributed by atoms with Crippen LogP contribution in [-0.4, -0.2) is 15.9 Å². The van der Waals surface area contributed by atoms with E-state index in [4.69, 9.17) is 0 Å². The molecule has 0 saturated carbocycles. The smallest absolute Gasteiger partial charge is 0.253 e. The van der Waals surface area contributed by atoms with Crippen LogP contribution in [0.5, 0.6) is 0 Å². The maximum absolute atomic E-state index is 13.5. The zero-order valence-electron chi connectivity index (χ0n) is 11.2. The summed E-state index contributed by atoms with van der Waals surface area (Å²) in [6.07, 6.45) is 3.14. The van der Waals surface area contributed by atoms with E-state index in [1.807, 2.05) is 0 Å². The molecule has 2 N–H and O–H groups in total. The van der Waals surface area contributed by atoms with E-state index in [9.17, 15) is 13.6 Å². The molecule has 22 heavy (non-hydrogen) atoms. The third kappa shape index (κ3) is 2.85. The molecule has 0 unspecified atom stereocenters. The molecule has 112 valence electrons. The van der Waals surface area contributed by atoms with Crippen LogP contribution >= 0.6 is 15.9 Å². The fourth-order valence-electron chi connectivity index (χ4n) is 2.12. The predicted octanol–water partition coefficient (Wildman–Crippen LogP) is 3.53. The second-order valence-corrected chi connectivity index (χ2v) is 5.59. The topological polar surface area (TPSA) is 57.8 Å². The largest absolute Gasteiger partial charge is 0.348 e. The first-order chi connectivity index (χ1) is 10.5. The van der Waals surface area contributed by atoms with Crippen LogP contribution in [0.2, 0.25) is 0 Å². The van der Waals surface area contributed by atoms with E-state index >= 15 is 0 Å². The van der Waals surface area contributed by atoms with E-state index in [0.717, 1.165) is 22.7 Å². The van der Waals surface area contributed by atoms with Crippen LogP contribution in [0.4, 0.5) is 8.78 Å². The maximum atomic E-state index is 13.5. The van der Waals surface area contributed by atoms with Gasteiger partial charge in [0.1, 0.15) is 17.3 Å². The van der Waals surface area contributed by atoms with Gasteiger partial charge in [-0.1, -0.05) is 0 Å². The average Bonchev–Trinajstić information content (AvgIpc) is 2.91. The molecule has 2 aromatic heterocycles. The monoisotopic (exact) mass is 365 g/mol. The lowest BCUT2D eigenvalue weighted by Crippen LogP contribution is -2.23. The van der Waals surface area contributed by atoms with Gasteiger partial charge in [-0.2, -0.15) is 0 Å². The third-order valence-electron chi connectivity index (χ3n) is 3.19. The van der Waals surface area contributed by atoms with Crippen molar-refractivity contribution in [2.24, 2.45) is 0 Å². The van der Waals surface area contributed by atoms with Gasteiger partial charge >= 0.3 is 0 Å². The number of aromatic nitrogens is 2. The minimum Gasteiger partial charge on any atom is -0.348 e. The molecule has 1 amide bonds. The second kappa shape index (κ2) is 5.84. The van der Waals surface area contributed by atoms with Crippen LogP contribution in [-0.2, 0) is 6.54 Å². The summed E-state index contributed by atoms with van der Waals surface area (Å²) in [4.78, 5) is 19.2. The Morgan fingerprint density at radius 2 is 2.14 bits per heavy atom. The van der Waals surface area contributed by atoms with Gasteiger partial charge in [-0.15, -0.1) is 0 Å². The Hall–Kier alpha value is -2.28. The van der Waals surface area contributed by atoms with Crippen molar-refractivity contribution in [3.05, 3.63) is 63.9 Å². The van der Waals surface area contributed by atoms with E-state index in [2.05, 4.69) is 31.2 Å². The first kappa shape index (κ1) is 14.6. The fraction of sp³-hybridized carbons (Fsp3) is 0.0667. The highest BCUT2D eigenvalue weighted by Crippen LogP contribution is 2.20. The second-order valence-electron chi connectivity index (χ2n) is 4.67. The van der Waals surface area contributed by atoms with Crippen LogP contribution in [0.1, 0.15) is 15.9 Å². The van der Waals surface area contributed by atoms with Gasteiger partial charge in [-0.3, -0.25) is 4.79 Å².